The summed E-state index contributed by atoms with van der Waals surface area (Å²) in [5.41, 5.74) is 3.24. The van der Waals surface area contributed by atoms with Gasteiger partial charge in [0.05, 0.1) is 35.7 Å². The van der Waals surface area contributed by atoms with E-state index >= 15 is 0 Å². The number of rotatable bonds is 12. The Morgan fingerprint density at radius 3 is 2.45 bits per heavy atom. The number of carbonyl (C=O) groups excluding carboxylic acids is 2. The molecule has 0 aliphatic carbocycles. The summed E-state index contributed by atoms with van der Waals surface area (Å²) in [6.07, 6.45) is 1.66. The Labute approximate surface area is 284 Å². The van der Waals surface area contributed by atoms with Gasteiger partial charge in [-0.3, -0.25) is 9.59 Å². The lowest BCUT2D eigenvalue weighted by atomic mass is 9.93. The number of hydrogen-bond acceptors (Lipinski definition) is 9. The number of ether oxygens (including phenoxy) is 4. The lowest BCUT2D eigenvalue weighted by Gasteiger charge is -2.40. The van der Waals surface area contributed by atoms with Gasteiger partial charge < -0.3 is 29.0 Å². The maximum atomic E-state index is 14.3. The molecule has 14 heteroatoms. The molecule has 0 saturated heterocycles. The molecule has 2 aliphatic heterocycles. The van der Waals surface area contributed by atoms with Crippen molar-refractivity contribution in [1.82, 2.24) is 9.62 Å². The third-order valence-electron chi connectivity index (χ3n) is 8.29. The molecule has 258 valence electrons. The number of nitrogens with one attached hydrogen (secondary N) is 1. The van der Waals surface area contributed by atoms with E-state index in [1.165, 1.54) is 56.5 Å². The van der Waals surface area contributed by atoms with Crippen molar-refractivity contribution >= 4 is 39.3 Å². The minimum Gasteiger partial charge on any atom is -0.493 e. The van der Waals surface area contributed by atoms with Crippen LogP contribution in [0.1, 0.15) is 33.5 Å². The van der Waals surface area contributed by atoms with Crippen LogP contribution in [-0.4, -0.2) is 83.1 Å². The molecule has 2 N–H and O–H groups in total. The molecule has 2 amide bonds. The summed E-state index contributed by atoms with van der Waals surface area (Å²) >= 11 is 0. The van der Waals surface area contributed by atoms with E-state index in [4.69, 9.17) is 18.9 Å². The van der Waals surface area contributed by atoms with Gasteiger partial charge in [0.15, 0.2) is 17.7 Å². The number of fused-ring (bicyclic) bond motifs is 2. The molecule has 0 bridgehead atoms. The summed E-state index contributed by atoms with van der Waals surface area (Å²) in [6.45, 7) is 3.76. The highest BCUT2D eigenvalue weighted by molar-refractivity contribution is 7.89. The number of methoxy groups -OCH3 is 2. The highest BCUT2D eigenvalue weighted by atomic mass is 32.2. The van der Waals surface area contributed by atoms with E-state index < -0.39 is 34.4 Å². The number of hydrogen-bond donors (Lipinski definition) is 2. The topological polar surface area (TPSA) is 161 Å². The molecule has 0 radical (unpaired) electrons. The van der Waals surface area contributed by atoms with Crippen molar-refractivity contribution in [2.75, 3.05) is 39.3 Å². The van der Waals surface area contributed by atoms with Crippen molar-refractivity contribution in [3.63, 3.8) is 0 Å². The summed E-state index contributed by atoms with van der Waals surface area (Å²) < 4.78 is 50.0. The normalized spacial score (nSPS) is 17.3. The lowest BCUT2D eigenvalue weighted by molar-refractivity contribution is -0.136. The van der Waals surface area contributed by atoms with Crippen molar-refractivity contribution in [1.29, 1.82) is 0 Å². The van der Waals surface area contributed by atoms with Gasteiger partial charge in [0.1, 0.15) is 13.2 Å². The minimum absolute atomic E-state index is 0.0433. The standard InChI is InChI=1S/C35H37N3O10S/c1-5-15-47-35(42)38-28-20-31(48-21-23-8-6-7-22(16-23)17-32(39)40)30(45-3)19-27(28)33(41)37-14-13-25(18-29(37)34(38)46-4)24-9-11-26(12-10-24)49(43,44)36-2/h5-13,16,19-20,29,34,36H,1,14-15,17-18,21H2,2-4H3,(H,39,40)/t29-,34?/m0/s1. The number of nitrogens with zero attached hydrogens (tertiary/aromatic N) is 2. The zero-order valence-electron chi connectivity index (χ0n) is 27.2. The van der Waals surface area contributed by atoms with Crippen LogP contribution in [0.2, 0.25) is 0 Å². The van der Waals surface area contributed by atoms with Gasteiger partial charge in [-0.2, -0.15) is 0 Å². The first-order valence-electron chi connectivity index (χ1n) is 15.3. The van der Waals surface area contributed by atoms with Gasteiger partial charge in [-0.25, -0.2) is 22.8 Å². The number of sulfonamides is 1. The number of carbonyl (C=O) groups is 3. The third kappa shape index (κ3) is 7.46. The van der Waals surface area contributed by atoms with E-state index in [1.54, 1.807) is 41.3 Å². The predicted octanol–water partition coefficient (Wildman–Crippen LogP) is 4.22. The second-order valence-electron chi connectivity index (χ2n) is 11.3. The van der Waals surface area contributed by atoms with Gasteiger partial charge in [-0.05, 0) is 53.9 Å². The van der Waals surface area contributed by atoms with Gasteiger partial charge in [-0.1, -0.05) is 55.1 Å². The molecule has 3 aromatic carbocycles. The Morgan fingerprint density at radius 2 is 1.80 bits per heavy atom. The van der Waals surface area contributed by atoms with E-state index in [9.17, 15) is 27.9 Å². The predicted molar refractivity (Wildman–Crippen MR) is 180 cm³/mol. The highest BCUT2D eigenvalue weighted by Gasteiger charge is 2.45. The molecule has 0 spiro atoms. The van der Waals surface area contributed by atoms with Crippen LogP contribution in [-0.2, 0) is 37.3 Å². The van der Waals surface area contributed by atoms with Crippen LogP contribution in [0, 0.1) is 0 Å². The number of anilines is 1. The maximum Gasteiger partial charge on any atom is 0.416 e. The number of aliphatic carboxylic acids is 1. The average Bonchev–Trinajstić information content (AvgIpc) is 3.20. The van der Waals surface area contributed by atoms with Gasteiger partial charge in [0, 0.05) is 19.7 Å². The monoisotopic (exact) mass is 691 g/mol. The zero-order chi connectivity index (χ0) is 35.3. The molecule has 3 aromatic rings. The van der Waals surface area contributed by atoms with Crippen LogP contribution in [0.3, 0.4) is 0 Å². The van der Waals surface area contributed by atoms with Crippen molar-refractivity contribution in [2.24, 2.45) is 0 Å². The molecule has 13 nitrogen and oxygen atoms in total. The quantitative estimate of drug-likeness (QED) is 0.263. The van der Waals surface area contributed by atoms with E-state index in [2.05, 4.69) is 11.3 Å². The highest BCUT2D eigenvalue weighted by Crippen LogP contribution is 2.42. The summed E-state index contributed by atoms with van der Waals surface area (Å²) in [5.74, 6) is -0.865. The largest absolute Gasteiger partial charge is 0.493 e. The summed E-state index contributed by atoms with van der Waals surface area (Å²) in [4.78, 5) is 42.2. The SMILES string of the molecule is C=CCOC(=O)N1c2cc(OCc3cccc(CC(=O)O)c3)c(OC)cc2C(=O)N2CC=C(c3ccc(S(=O)(=O)NC)cc3)C[C@H]2C1OC. The molecule has 2 heterocycles. The molecule has 2 aliphatic rings. The van der Waals surface area contributed by atoms with Gasteiger partial charge >= 0.3 is 12.1 Å². The van der Waals surface area contributed by atoms with E-state index in [-0.39, 0.29) is 66.2 Å². The van der Waals surface area contributed by atoms with Gasteiger partial charge in [-0.15, -0.1) is 0 Å². The fraction of sp³-hybridized carbons (Fsp3) is 0.286. The van der Waals surface area contributed by atoms with Crippen molar-refractivity contribution in [3.05, 3.63) is 102 Å². The maximum absolute atomic E-state index is 14.3. The van der Waals surface area contributed by atoms with E-state index in [0.29, 0.717) is 11.1 Å². The first kappa shape index (κ1) is 35.1. The van der Waals surface area contributed by atoms with Crippen LogP contribution in [0.25, 0.3) is 5.57 Å². The van der Waals surface area contributed by atoms with E-state index in [1.807, 2.05) is 6.08 Å². The van der Waals surface area contributed by atoms with Crippen molar-refractivity contribution in [2.45, 2.75) is 36.6 Å². The Bertz CT molecular complexity index is 1890. The van der Waals surface area contributed by atoms with Crippen LogP contribution in [0.5, 0.6) is 11.5 Å². The molecule has 49 heavy (non-hydrogen) atoms. The fourth-order valence-corrected chi connectivity index (χ4v) is 6.67. The molecule has 2 atom stereocenters. The summed E-state index contributed by atoms with van der Waals surface area (Å²) in [6, 6.07) is 15.7. The molecule has 1 unspecified atom stereocenters. The van der Waals surface area contributed by atoms with Gasteiger partial charge in [0.25, 0.3) is 5.91 Å². The molecule has 0 aromatic heterocycles. The second-order valence-corrected chi connectivity index (χ2v) is 13.1. The first-order valence-corrected chi connectivity index (χ1v) is 16.8. The van der Waals surface area contributed by atoms with E-state index in [0.717, 1.165) is 11.1 Å². The molecular weight excluding hydrogens is 654 g/mol. The lowest BCUT2D eigenvalue weighted by Crippen LogP contribution is -2.55. The minimum atomic E-state index is -3.63. The molecule has 0 fully saturated rings. The summed E-state index contributed by atoms with van der Waals surface area (Å²) in [5, 5.41) is 9.19. The fourth-order valence-electron chi connectivity index (χ4n) is 5.94. The number of carboxylic acid groups (broad SMARTS) is 1. The third-order valence-corrected chi connectivity index (χ3v) is 9.72. The number of carboxylic acids is 1. The Balaban J connectivity index is 1.53. The number of amides is 2. The number of benzene rings is 3. The van der Waals surface area contributed by atoms with Crippen LogP contribution >= 0.6 is 0 Å². The Morgan fingerprint density at radius 1 is 1.06 bits per heavy atom. The van der Waals surface area contributed by atoms with Crippen molar-refractivity contribution < 1.29 is 46.9 Å². The molecule has 5 rings (SSSR count). The smallest absolute Gasteiger partial charge is 0.416 e. The second kappa shape index (κ2) is 14.9. The Hall–Kier alpha value is -5.18. The van der Waals surface area contributed by atoms with Crippen molar-refractivity contribution in [3.8, 4) is 11.5 Å². The van der Waals surface area contributed by atoms with Crippen LogP contribution in [0.15, 0.2) is 84.3 Å². The average molecular weight is 692 g/mol. The van der Waals surface area contributed by atoms with Crippen LogP contribution in [0.4, 0.5) is 10.5 Å². The molecular formula is C35H37N3O10S. The zero-order valence-corrected chi connectivity index (χ0v) is 28.1. The Kier molecular flexibility index (Phi) is 10.7. The summed E-state index contributed by atoms with van der Waals surface area (Å²) in [7, 11) is 0.581. The van der Waals surface area contributed by atoms with Gasteiger partial charge in [0.2, 0.25) is 10.0 Å². The molecule has 0 saturated carbocycles. The van der Waals surface area contributed by atoms with Crippen LogP contribution < -0.4 is 19.1 Å². The first-order chi connectivity index (χ1) is 23.5.